The molecule has 2 aromatic carbocycles. The number of carbonyl (C=O) groups is 2. The van der Waals surface area contributed by atoms with Gasteiger partial charge in [0.2, 0.25) is 11.8 Å². The second kappa shape index (κ2) is 14.3. The van der Waals surface area contributed by atoms with E-state index in [1.807, 2.05) is 24.4 Å². The summed E-state index contributed by atoms with van der Waals surface area (Å²) in [5.41, 5.74) is 4.98. The van der Waals surface area contributed by atoms with Gasteiger partial charge in [0, 0.05) is 66.5 Å². The van der Waals surface area contributed by atoms with Crippen LogP contribution in [0.15, 0.2) is 65.8 Å². The number of nitrogens with one attached hydrogen (secondary N) is 2. The maximum Gasteiger partial charge on any atom is 0.259 e. The molecule has 256 valence electrons. The number of hydrogen-bond donors (Lipinski definition) is 2. The number of methoxy groups -OCH3 is 1. The van der Waals surface area contributed by atoms with E-state index in [0.717, 1.165) is 91.9 Å². The van der Waals surface area contributed by atoms with Crippen molar-refractivity contribution in [1.82, 2.24) is 24.7 Å². The van der Waals surface area contributed by atoms with E-state index in [4.69, 9.17) is 16.3 Å². The number of aromatic nitrogens is 2. The van der Waals surface area contributed by atoms with Crippen molar-refractivity contribution >= 4 is 39.9 Å². The second-order valence-electron chi connectivity index (χ2n) is 13.6. The number of likely N-dealkylation sites (tertiary alicyclic amines) is 2. The van der Waals surface area contributed by atoms with Crippen molar-refractivity contribution in [1.29, 1.82) is 0 Å². The molecule has 0 bridgehead atoms. The Bertz CT molecular complexity index is 1910. The highest BCUT2D eigenvalue weighted by atomic mass is 35.5. The highest BCUT2D eigenvalue weighted by Crippen LogP contribution is 2.37. The Labute approximate surface area is 291 Å². The number of halogens is 1. The van der Waals surface area contributed by atoms with E-state index in [2.05, 4.69) is 49.7 Å². The number of piperidine rings is 3. The van der Waals surface area contributed by atoms with E-state index < -0.39 is 0 Å². The minimum atomic E-state index is -0.365. The fraction of sp³-hybridized carbons (Fsp3) is 0.421. The van der Waals surface area contributed by atoms with Gasteiger partial charge in [-0.25, -0.2) is 0 Å². The summed E-state index contributed by atoms with van der Waals surface area (Å²) in [5, 5.41) is 7.76. The van der Waals surface area contributed by atoms with Crippen LogP contribution in [-0.4, -0.2) is 76.5 Å². The van der Waals surface area contributed by atoms with Gasteiger partial charge in [-0.2, -0.15) is 0 Å². The predicted molar refractivity (Wildman–Crippen MR) is 192 cm³/mol. The highest BCUT2D eigenvalue weighted by molar-refractivity contribution is 6.32. The zero-order valence-corrected chi connectivity index (χ0v) is 28.8. The predicted octanol–water partition coefficient (Wildman–Crippen LogP) is 5.32. The number of pyridine rings is 2. The van der Waals surface area contributed by atoms with E-state index in [1.165, 1.54) is 5.56 Å². The molecule has 2 N–H and O–H groups in total. The molecule has 0 aliphatic carbocycles. The molecule has 4 aromatic rings. The summed E-state index contributed by atoms with van der Waals surface area (Å²) in [6, 6.07) is 14.6. The Morgan fingerprint density at radius 1 is 0.959 bits per heavy atom. The van der Waals surface area contributed by atoms with E-state index in [1.54, 1.807) is 31.1 Å². The molecule has 3 aliphatic rings. The maximum atomic E-state index is 12.7. The van der Waals surface area contributed by atoms with Gasteiger partial charge in [0.15, 0.2) is 0 Å². The molecule has 1 unspecified atom stereocenters. The van der Waals surface area contributed by atoms with Crippen LogP contribution in [0.1, 0.15) is 55.6 Å². The number of anilines is 1. The van der Waals surface area contributed by atoms with E-state index in [-0.39, 0.29) is 23.4 Å². The highest BCUT2D eigenvalue weighted by Gasteiger charge is 2.30. The molecule has 10 nitrogen and oxygen atoms in total. The molecule has 0 saturated carbocycles. The molecular weight excluding hydrogens is 640 g/mol. The first kappa shape index (κ1) is 33.3. The molecule has 2 amide bonds. The third-order valence-electron chi connectivity index (χ3n) is 10.6. The lowest BCUT2D eigenvalue weighted by atomic mass is 9.88. The SMILES string of the molecule is COc1cc(-c2cn(C)c(=O)c3cnccc23)cc(Cl)c1CN1CCC(N2CCC(c3ccc(NC4CCC(=O)NC4=O)cc3)CC2)CC1. The number of hydrogen-bond acceptors (Lipinski definition) is 8. The first-order valence-electron chi connectivity index (χ1n) is 17.2. The maximum absolute atomic E-state index is 12.7. The number of aryl methyl sites for hydroxylation is 1. The van der Waals surface area contributed by atoms with E-state index in [9.17, 15) is 14.4 Å². The van der Waals surface area contributed by atoms with Gasteiger partial charge in [-0.1, -0.05) is 23.7 Å². The molecule has 11 heteroatoms. The van der Waals surface area contributed by atoms with Crippen LogP contribution in [0, 0.1) is 0 Å². The number of benzene rings is 2. The molecule has 49 heavy (non-hydrogen) atoms. The van der Waals surface area contributed by atoms with Crippen molar-refractivity contribution < 1.29 is 14.3 Å². The molecule has 7 rings (SSSR count). The van der Waals surface area contributed by atoms with Crippen molar-refractivity contribution in [3.63, 3.8) is 0 Å². The summed E-state index contributed by atoms with van der Waals surface area (Å²) in [6.45, 7) is 4.94. The largest absolute Gasteiger partial charge is 0.496 e. The lowest BCUT2D eigenvalue weighted by Crippen LogP contribution is -2.47. The number of ether oxygens (including phenoxy) is 1. The first-order valence-corrected chi connectivity index (χ1v) is 17.6. The summed E-state index contributed by atoms with van der Waals surface area (Å²) in [5.74, 6) is 0.842. The topological polar surface area (TPSA) is 109 Å². The summed E-state index contributed by atoms with van der Waals surface area (Å²) in [7, 11) is 3.44. The Morgan fingerprint density at radius 2 is 1.71 bits per heavy atom. The van der Waals surface area contributed by atoms with Crippen LogP contribution in [0.5, 0.6) is 5.75 Å². The van der Waals surface area contributed by atoms with Crippen LogP contribution >= 0.6 is 11.6 Å². The quantitative estimate of drug-likeness (QED) is 0.241. The van der Waals surface area contributed by atoms with Gasteiger partial charge in [0.25, 0.3) is 5.56 Å². The lowest BCUT2D eigenvalue weighted by Gasteiger charge is -2.42. The van der Waals surface area contributed by atoms with Crippen LogP contribution in [-0.2, 0) is 23.2 Å². The molecular formula is C38H43ClN6O4. The summed E-state index contributed by atoms with van der Waals surface area (Å²) in [6.07, 6.45) is 10.6. The van der Waals surface area contributed by atoms with Crippen molar-refractivity contribution in [3.8, 4) is 16.9 Å². The van der Waals surface area contributed by atoms with Gasteiger partial charge in [-0.15, -0.1) is 0 Å². The van der Waals surface area contributed by atoms with Crippen LogP contribution < -0.4 is 20.9 Å². The van der Waals surface area contributed by atoms with Crippen molar-refractivity contribution in [2.45, 2.75) is 63.1 Å². The summed E-state index contributed by atoms with van der Waals surface area (Å²) >= 11 is 6.96. The second-order valence-corrected chi connectivity index (χ2v) is 14.0. The van der Waals surface area contributed by atoms with Gasteiger partial charge in [0.1, 0.15) is 11.8 Å². The van der Waals surface area contributed by atoms with Gasteiger partial charge in [-0.3, -0.25) is 29.6 Å². The van der Waals surface area contributed by atoms with Crippen LogP contribution in [0.25, 0.3) is 21.9 Å². The number of rotatable bonds is 8. The van der Waals surface area contributed by atoms with Gasteiger partial charge >= 0.3 is 0 Å². The lowest BCUT2D eigenvalue weighted by molar-refractivity contribution is -0.133. The molecule has 3 aliphatic heterocycles. The number of amides is 2. The van der Waals surface area contributed by atoms with Crippen molar-refractivity contribution in [2.24, 2.45) is 7.05 Å². The Hall–Kier alpha value is -4.25. The number of imide groups is 1. The fourth-order valence-electron chi connectivity index (χ4n) is 7.79. The standard InChI is InChI=1S/C38H43ClN6O4/c1-43-22-31(29-9-14-40-21-30(29)38(43)48)26-19-33(39)32(35(20-26)49-2)23-44-15-12-28(13-16-44)45-17-10-25(11-18-45)24-3-5-27(6-4-24)41-34-7-8-36(46)42-37(34)47/h3-6,9,14,19-22,25,28,34,41H,7-8,10-13,15-18,23H2,1-2H3,(H,42,46,47). The third kappa shape index (κ3) is 7.08. The molecule has 2 aromatic heterocycles. The van der Waals surface area contributed by atoms with E-state index >= 15 is 0 Å². The molecule has 0 spiro atoms. The van der Waals surface area contributed by atoms with Gasteiger partial charge in [0.05, 0.1) is 12.5 Å². The molecule has 3 saturated heterocycles. The van der Waals surface area contributed by atoms with E-state index in [0.29, 0.717) is 35.2 Å². The molecule has 1 atom stereocenters. The summed E-state index contributed by atoms with van der Waals surface area (Å²) < 4.78 is 7.46. The Morgan fingerprint density at radius 3 is 2.43 bits per heavy atom. The minimum absolute atomic E-state index is 0.0813. The number of fused-ring (bicyclic) bond motifs is 1. The zero-order chi connectivity index (χ0) is 34.1. The molecule has 3 fully saturated rings. The Kier molecular flexibility index (Phi) is 9.71. The van der Waals surface area contributed by atoms with Gasteiger partial charge in [-0.05, 0) is 111 Å². The van der Waals surface area contributed by atoms with Crippen molar-refractivity contribution in [3.05, 3.63) is 87.6 Å². The van der Waals surface area contributed by atoms with Gasteiger partial charge < -0.3 is 19.5 Å². The van der Waals surface area contributed by atoms with Crippen LogP contribution in [0.4, 0.5) is 5.69 Å². The van der Waals surface area contributed by atoms with Crippen molar-refractivity contribution in [2.75, 3.05) is 38.6 Å². The average Bonchev–Trinajstić information content (AvgIpc) is 3.12. The minimum Gasteiger partial charge on any atom is -0.496 e. The van der Waals surface area contributed by atoms with Crippen LogP contribution in [0.3, 0.4) is 0 Å². The van der Waals surface area contributed by atoms with Crippen LogP contribution in [0.2, 0.25) is 5.02 Å². The number of nitrogens with zero attached hydrogens (tertiary/aromatic N) is 4. The smallest absolute Gasteiger partial charge is 0.259 e. The molecule has 0 radical (unpaired) electrons. The number of carbonyl (C=O) groups excluding carboxylic acids is 2. The normalized spacial score (nSPS) is 20.0. The average molecular weight is 683 g/mol. The zero-order valence-electron chi connectivity index (χ0n) is 28.1. The fourth-order valence-corrected chi connectivity index (χ4v) is 8.06. The molecule has 5 heterocycles. The first-order chi connectivity index (χ1) is 23.8. The summed E-state index contributed by atoms with van der Waals surface area (Å²) in [4.78, 5) is 45.6. The third-order valence-corrected chi connectivity index (χ3v) is 11.0. The Balaban J connectivity index is 0.930. The monoisotopic (exact) mass is 682 g/mol.